The Balaban J connectivity index is 2.07. The van der Waals surface area contributed by atoms with Crippen molar-refractivity contribution in [2.45, 2.75) is 12.7 Å². The molecule has 0 amide bonds. The van der Waals surface area contributed by atoms with Gasteiger partial charge in [0.05, 0.1) is 5.56 Å². The molecule has 0 fully saturated rings. The lowest BCUT2D eigenvalue weighted by molar-refractivity contribution is -0.137. The van der Waals surface area contributed by atoms with Crippen LogP contribution in [-0.2, 0) is 12.7 Å². The van der Waals surface area contributed by atoms with Crippen molar-refractivity contribution in [1.82, 2.24) is 0 Å². The van der Waals surface area contributed by atoms with E-state index in [1.165, 1.54) is 6.07 Å². The molecule has 2 aromatic rings. The van der Waals surface area contributed by atoms with Crippen LogP contribution in [0.2, 0.25) is 0 Å². The second kappa shape index (κ2) is 4.79. The monoisotopic (exact) mass is 257 g/mol. The van der Waals surface area contributed by atoms with Crippen molar-refractivity contribution in [2.24, 2.45) is 0 Å². The topological polar surface area (TPSA) is 12.0 Å². The van der Waals surface area contributed by atoms with Crippen LogP contribution in [0.3, 0.4) is 0 Å². The minimum atomic E-state index is -4.29. The largest absolute Gasteiger partial charge is 0.416 e. The molecule has 0 atom stereocenters. The Morgan fingerprint density at radius 2 is 1.94 bits per heavy atom. The van der Waals surface area contributed by atoms with E-state index in [9.17, 15) is 13.2 Å². The molecular weight excluding hydrogens is 247 g/mol. The minimum absolute atomic E-state index is 0.480. The maximum atomic E-state index is 12.5. The molecule has 0 aliphatic rings. The standard InChI is InChI=1S/C12H10F3NS/c13-12(14,15)9-3-1-4-10(7-9)16-8-11-5-2-6-17-11/h1-7,16H,8H2. The summed E-state index contributed by atoms with van der Waals surface area (Å²) in [7, 11) is 0. The van der Waals surface area contributed by atoms with Crippen molar-refractivity contribution in [3.05, 3.63) is 52.2 Å². The normalized spacial score (nSPS) is 11.5. The molecule has 1 aromatic heterocycles. The number of hydrogen-bond acceptors (Lipinski definition) is 2. The molecule has 2 rings (SSSR count). The summed E-state index contributed by atoms with van der Waals surface area (Å²) in [6.07, 6.45) is -4.29. The fraction of sp³-hybridized carbons (Fsp3) is 0.167. The molecule has 0 bridgehead atoms. The van der Waals surface area contributed by atoms with Crippen LogP contribution in [-0.4, -0.2) is 0 Å². The summed E-state index contributed by atoms with van der Waals surface area (Å²) in [4.78, 5) is 1.09. The molecule has 5 heteroatoms. The lowest BCUT2D eigenvalue weighted by atomic mass is 10.2. The molecule has 1 N–H and O–H groups in total. The van der Waals surface area contributed by atoms with Crippen molar-refractivity contribution in [3.63, 3.8) is 0 Å². The maximum Gasteiger partial charge on any atom is 0.416 e. The van der Waals surface area contributed by atoms with E-state index in [-0.39, 0.29) is 0 Å². The Kier molecular flexibility index (Phi) is 3.38. The van der Waals surface area contributed by atoms with E-state index < -0.39 is 11.7 Å². The first kappa shape index (κ1) is 12.0. The van der Waals surface area contributed by atoms with E-state index in [0.717, 1.165) is 17.0 Å². The molecule has 1 heterocycles. The second-order valence-corrected chi connectivity index (χ2v) is 4.54. The van der Waals surface area contributed by atoms with Gasteiger partial charge in [-0.25, -0.2) is 0 Å². The number of anilines is 1. The Morgan fingerprint density at radius 3 is 2.59 bits per heavy atom. The third kappa shape index (κ3) is 3.23. The van der Waals surface area contributed by atoms with Crippen LogP contribution in [0.4, 0.5) is 18.9 Å². The predicted octanol–water partition coefficient (Wildman–Crippen LogP) is 4.38. The van der Waals surface area contributed by atoms with E-state index in [4.69, 9.17) is 0 Å². The van der Waals surface area contributed by atoms with Gasteiger partial charge < -0.3 is 5.32 Å². The Bertz CT molecular complexity index is 477. The Morgan fingerprint density at radius 1 is 1.12 bits per heavy atom. The molecule has 0 saturated carbocycles. The number of rotatable bonds is 3. The van der Waals surface area contributed by atoms with E-state index in [1.54, 1.807) is 17.4 Å². The van der Waals surface area contributed by atoms with Gasteiger partial charge in [-0.1, -0.05) is 12.1 Å². The highest BCUT2D eigenvalue weighted by Gasteiger charge is 2.30. The summed E-state index contributed by atoms with van der Waals surface area (Å²) in [6, 6.07) is 9.06. The average molecular weight is 257 g/mol. The number of alkyl halides is 3. The van der Waals surface area contributed by atoms with Gasteiger partial charge in [0.25, 0.3) is 0 Å². The van der Waals surface area contributed by atoms with Gasteiger partial charge in [-0.3, -0.25) is 0 Å². The van der Waals surface area contributed by atoms with Gasteiger partial charge in [-0.05, 0) is 29.6 Å². The van der Waals surface area contributed by atoms with Gasteiger partial charge >= 0.3 is 6.18 Å². The van der Waals surface area contributed by atoms with Crippen LogP contribution in [0.1, 0.15) is 10.4 Å². The van der Waals surface area contributed by atoms with Gasteiger partial charge in [0.15, 0.2) is 0 Å². The smallest absolute Gasteiger partial charge is 0.380 e. The zero-order valence-corrected chi connectivity index (χ0v) is 9.61. The van der Waals surface area contributed by atoms with Crippen LogP contribution in [0.5, 0.6) is 0 Å². The van der Waals surface area contributed by atoms with Gasteiger partial charge in [-0.2, -0.15) is 13.2 Å². The van der Waals surface area contributed by atoms with Gasteiger partial charge in [0, 0.05) is 17.1 Å². The predicted molar refractivity (Wildman–Crippen MR) is 63.1 cm³/mol. The van der Waals surface area contributed by atoms with Crippen molar-refractivity contribution in [2.75, 3.05) is 5.32 Å². The lowest BCUT2D eigenvalue weighted by Crippen LogP contribution is -2.06. The highest BCUT2D eigenvalue weighted by Crippen LogP contribution is 2.30. The molecule has 0 unspecified atom stereocenters. The summed E-state index contributed by atoms with van der Waals surface area (Å²) >= 11 is 1.57. The molecular formula is C12H10F3NS. The van der Waals surface area contributed by atoms with E-state index in [0.29, 0.717) is 12.2 Å². The molecule has 0 aliphatic heterocycles. The van der Waals surface area contributed by atoms with Crippen LogP contribution >= 0.6 is 11.3 Å². The number of halogens is 3. The first-order valence-corrected chi connectivity index (χ1v) is 5.87. The van der Waals surface area contributed by atoms with Crippen molar-refractivity contribution < 1.29 is 13.2 Å². The zero-order chi connectivity index (χ0) is 12.3. The SMILES string of the molecule is FC(F)(F)c1cccc(NCc2cccs2)c1. The van der Waals surface area contributed by atoms with Crippen LogP contribution < -0.4 is 5.32 Å². The molecule has 90 valence electrons. The third-order valence-corrected chi connectivity index (χ3v) is 3.11. The van der Waals surface area contributed by atoms with Gasteiger partial charge in [0.2, 0.25) is 0 Å². The summed E-state index contributed by atoms with van der Waals surface area (Å²) in [5.74, 6) is 0. The van der Waals surface area contributed by atoms with E-state index in [2.05, 4.69) is 5.32 Å². The van der Waals surface area contributed by atoms with Gasteiger partial charge in [-0.15, -0.1) is 11.3 Å². The molecule has 0 saturated heterocycles. The third-order valence-electron chi connectivity index (χ3n) is 2.24. The first-order chi connectivity index (χ1) is 8.05. The van der Waals surface area contributed by atoms with E-state index >= 15 is 0 Å². The summed E-state index contributed by atoms with van der Waals surface area (Å²) < 4.78 is 37.4. The molecule has 0 aliphatic carbocycles. The molecule has 17 heavy (non-hydrogen) atoms. The number of nitrogens with one attached hydrogen (secondary N) is 1. The first-order valence-electron chi connectivity index (χ1n) is 4.99. The summed E-state index contributed by atoms with van der Waals surface area (Å²) in [5.41, 5.74) is -0.151. The van der Waals surface area contributed by atoms with Crippen molar-refractivity contribution in [1.29, 1.82) is 0 Å². The summed E-state index contributed by atoms with van der Waals surface area (Å²) in [5, 5.41) is 4.90. The van der Waals surface area contributed by atoms with E-state index in [1.807, 2.05) is 17.5 Å². The number of benzene rings is 1. The highest BCUT2D eigenvalue weighted by atomic mass is 32.1. The molecule has 0 spiro atoms. The lowest BCUT2D eigenvalue weighted by Gasteiger charge is -2.09. The fourth-order valence-corrected chi connectivity index (χ4v) is 2.05. The number of thiophene rings is 1. The highest BCUT2D eigenvalue weighted by molar-refractivity contribution is 7.09. The second-order valence-electron chi connectivity index (χ2n) is 3.51. The molecule has 0 radical (unpaired) electrons. The van der Waals surface area contributed by atoms with Crippen molar-refractivity contribution >= 4 is 17.0 Å². The van der Waals surface area contributed by atoms with Crippen LogP contribution in [0, 0.1) is 0 Å². The minimum Gasteiger partial charge on any atom is -0.380 e. The molecule has 1 aromatic carbocycles. The quantitative estimate of drug-likeness (QED) is 0.860. The maximum absolute atomic E-state index is 12.5. The average Bonchev–Trinajstić information content (AvgIpc) is 2.78. The van der Waals surface area contributed by atoms with Crippen LogP contribution in [0.15, 0.2) is 41.8 Å². The Hall–Kier alpha value is -1.49. The van der Waals surface area contributed by atoms with Crippen molar-refractivity contribution in [3.8, 4) is 0 Å². The fourth-order valence-electron chi connectivity index (χ4n) is 1.41. The summed E-state index contributed by atoms with van der Waals surface area (Å²) in [6.45, 7) is 0.541. The zero-order valence-electron chi connectivity index (χ0n) is 8.79. The van der Waals surface area contributed by atoms with Crippen LogP contribution in [0.25, 0.3) is 0 Å². The molecule has 1 nitrogen and oxygen atoms in total. The van der Waals surface area contributed by atoms with Gasteiger partial charge in [0.1, 0.15) is 0 Å². The number of hydrogen-bond donors (Lipinski definition) is 1. The Labute approximate surface area is 101 Å².